The van der Waals surface area contributed by atoms with Crippen LogP contribution in [-0.2, 0) is 6.54 Å². The third kappa shape index (κ3) is 5.09. The number of aromatic nitrogens is 1. The van der Waals surface area contributed by atoms with E-state index in [0.29, 0.717) is 15.6 Å². The van der Waals surface area contributed by atoms with Crippen LogP contribution in [0.15, 0.2) is 84.9 Å². The van der Waals surface area contributed by atoms with Gasteiger partial charge in [0.05, 0.1) is 16.1 Å². The van der Waals surface area contributed by atoms with Crippen molar-refractivity contribution in [1.82, 2.24) is 9.88 Å². The number of benzene rings is 4. The van der Waals surface area contributed by atoms with Crippen molar-refractivity contribution in [2.75, 3.05) is 0 Å². The van der Waals surface area contributed by atoms with Crippen molar-refractivity contribution in [2.24, 2.45) is 0 Å². The molecule has 1 heterocycles. The van der Waals surface area contributed by atoms with Gasteiger partial charge in [-0.05, 0) is 91.4 Å². The summed E-state index contributed by atoms with van der Waals surface area (Å²) in [5.74, 6) is -0.123. The van der Waals surface area contributed by atoms with Gasteiger partial charge in [0.15, 0.2) is 0 Å². The van der Waals surface area contributed by atoms with E-state index in [0.717, 1.165) is 23.0 Å². The molecule has 1 amide bonds. The van der Waals surface area contributed by atoms with Crippen LogP contribution in [-0.4, -0.2) is 10.5 Å². The zero-order valence-electron chi connectivity index (χ0n) is 22.0. The summed E-state index contributed by atoms with van der Waals surface area (Å²) in [6.45, 7) is 9.11. The Hall–Kier alpha value is -3.53. The summed E-state index contributed by atoms with van der Waals surface area (Å²) in [4.78, 5) is 13.1. The first-order valence-corrected chi connectivity index (χ1v) is 13.5. The lowest BCUT2D eigenvalue weighted by Crippen LogP contribution is -2.26. The third-order valence-electron chi connectivity index (χ3n) is 7.44. The molecule has 3 nitrogen and oxygen atoms in total. The summed E-state index contributed by atoms with van der Waals surface area (Å²) in [6, 6.07) is 28.4. The van der Waals surface area contributed by atoms with Gasteiger partial charge >= 0.3 is 0 Å². The standard InChI is InChI=1S/C33H30Cl2N2O/c1-20-7-5-6-8-28(20)25-11-9-24(10-12-25)19-37-23(4)21(2)29-17-27(14-16-32(29)37)33(38)36-22(3)26-13-15-30(34)31(35)18-26/h5-18,22H,19H2,1-4H3,(H,36,38). The molecular formula is C33H30Cl2N2O. The molecule has 0 bridgehead atoms. The minimum absolute atomic E-state index is 0.123. The van der Waals surface area contributed by atoms with Crippen molar-refractivity contribution < 1.29 is 4.79 Å². The highest BCUT2D eigenvalue weighted by Gasteiger charge is 2.17. The predicted octanol–water partition coefficient (Wildman–Crippen LogP) is 9.08. The molecule has 192 valence electrons. The summed E-state index contributed by atoms with van der Waals surface area (Å²) in [5, 5.41) is 5.14. The summed E-state index contributed by atoms with van der Waals surface area (Å²) >= 11 is 12.2. The van der Waals surface area contributed by atoms with Crippen LogP contribution < -0.4 is 5.32 Å². The normalized spacial score (nSPS) is 12.1. The Labute approximate surface area is 234 Å². The topological polar surface area (TPSA) is 34.0 Å². The van der Waals surface area contributed by atoms with E-state index in [9.17, 15) is 4.79 Å². The van der Waals surface area contributed by atoms with Crippen LogP contribution in [0.2, 0.25) is 10.0 Å². The minimum atomic E-state index is -0.206. The molecule has 1 aromatic heterocycles. The lowest BCUT2D eigenvalue weighted by molar-refractivity contribution is 0.0940. The molecule has 1 atom stereocenters. The first-order chi connectivity index (χ1) is 18.2. The zero-order chi connectivity index (χ0) is 27.0. The number of halogens is 2. The van der Waals surface area contributed by atoms with E-state index in [1.54, 1.807) is 12.1 Å². The van der Waals surface area contributed by atoms with Crippen molar-refractivity contribution in [3.63, 3.8) is 0 Å². The van der Waals surface area contributed by atoms with Gasteiger partial charge in [-0.2, -0.15) is 0 Å². The SMILES string of the molecule is Cc1ccccc1-c1ccc(Cn2c(C)c(C)c3cc(C(=O)NC(C)c4ccc(Cl)c(Cl)c4)ccc32)cc1. The number of fused-ring (bicyclic) bond motifs is 1. The van der Waals surface area contributed by atoms with E-state index in [4.69, 9.17) is 23.2 Å². The molecule has 0 aliphatic heterocycles. The van der Waals surface area contributed by atoms with Crippen LogP contribution in [0.3, 0.4) is 0 Å². The number of nitrogens with zero attached hydrogens (tertiary/aromatic N) is 1. The molecule has 1 unspecified atom stereocenters. The minimum Gasteiger partial charge on any atom is -0.346 e. The first-order valence-electron chi connectivity index (χ1n) is 12.7. The number of hydrogen-bond donors (Lipinski definition) is 1. The van der Waals surface area contributed by atoms with Crippen molar-refractivity contribution in [1.29, 1.82) is 0 Å². The van der Waals surface area contributed by atoms with Crippen LogP contribution in [0.5, 0.6) is 0 Å². The Balaban J connectivity index is 1.38. The van der Waals surface area contributed by atoms with E-state index in [1.165, 1.54) is 33.5 Å². The maximum Gasteiger partial charge on any atom is 0.251 e. The van der Waals surface area contributed by atoms with Crippen LogP contribution in [0, 0.1) is 20.8 Å². The number of carbonyl (C=O) groups is 1. The second-order valence-electron chi connectivity index (χ2n) is 9.91. The lowest BCUT2D eigenvalue weighted by Gasteiger charge is -2.15. The molecular weight excluding hydrogens is 511 g/mol. The highest BCUT2D eigenvalue weighted by atomic mass is 35.5. The zero-order valence-corrected chi connectivity index (χ0v) is 23.5. The van der Waals surface area contributed by atoms with Crippen LogP contribution in [0.1, 0.15) is 51.3 Å². The molecule has 38 heavy (non-hydrogen) atoms. The van der Waals surface area contributed by atoms with Crippen molar-refractivity contribution in [3.05, 3.63) is 128 Å². The molecule has 0 saturated carbocycles. The molecule has 0 radical (unpaired) electrons. The summed E-state index contributed by atoms with van der Waals surface area (Å²) < 4.78 is 2.33. The molecule has 0 aliphatic rings. The summed E-state index contributed by atoms with van der Waals surface area (Å²) in [5.41, 5.74) is 10.0. The van der Waals surface area contributed by atoms with Gasteiger partial charge in [0.25, 0.3) is 5.91 Å². The Morgan fingerprint density at radius 3 is 2.32 bits per heavy atom. The molecule has 4 aromatic carbocycles. The summed E-state index contributed by atoms with van der Waals surface area (Å²) in [6.07, 6.45) is 0. The molecule has 1 N–H and O–H groups in total. The molecule has 0 fully saturated rings. The molecule has 0 spiro atoms. The van der Waals surface area contributed by atoms with Crippen LogP contribution in [0.25, 0.3) is 22.0 Å². The smallest absolute Gasteiger partial charge is 0.251 e. The lowest BCUT2D eigenvalue weighted by atomic mass is 9.99. The average molecular weight is 542 g/mol. The van der Waals surface area contributed by atoms with Crippen molar-refractivity contribution >= 4 is 40.0 Å². The van der Waals surface area contributed by atoms with Crippen molar-refractivity contribution in [3.8, 4) is 11.1 Å². The fraction of sp³-hybridized carbons (Fsp3) is 0.182. The molecule has 5 aromatic rings. The fourth-order valence-electron chi connectivity index (χ4n) is 5.01. The number of aryl methyl sites for hydroxylation is 2. The van der Waals surface area contributed by atoms with Gasteiger partial charge in [0.2, 0.25) is 0 Å². The largest absolute Gasteiger partial charge is 0.346 e. The second-order valence-corrected chi connectivity index (χ2v) is 10.7. The Bertz CT molecular complexity index is 1650. The predicted molar refractivity (Wildman–Crippen MR) is 159 cm³/mol. The Morgan fingerprint density at radius 1 is 0.868 bits per heavy atom. The third-order valence-corrected chi connectivity index (χ3v) is 8.18. The fourth-order valence-corrected chi connectivity index (χ4v) is 5.32. The van der Waals surface area contributed by atoms with Gasteiger partial charge < -0.3 is 9.88 Å². The maximum atomic E-state index is 13.1. The number of rotatable bonds is 6. The van der Waals surface area contributed by atoms with Gasteiger partial charge in [-0.3, -0.25) is 4.79 Å². The number of hydrogen-bond acceptors (Lipinski definition) is 1. The number of carbonyl (C=O) groups excluding carboxylic acids is 1. The van der Waals surface area contributed by atoms with Crippen LogP contribution in [0.4, 0.5) is 0 Å². The molecule has 5 rings (SSSR count). The Kier molecular flexibility index (Phi) is 7.34. The highest BCUT2D eigenvalue weighted by molar-refractivity contribution is 6.42. The number of amides is 1. The average Bonchev–Trinajstić information content (AvgIpc) is 3.15. The first kappa shape index (κ1) is 26.1. The van der Waals surface area contributed by atoms with Gasteiger partial charge in [0.1, 0.15) is 0 Å². The van der Waals surface area contributed by atoms with Gasteiger partial charge in [0, 0.05) is 28.7 Å². The number of nitrogens with one attached hydrogen (secondary N) is 1. The maximum absolute atomic E-state index is 13.1. The quantitative estimate of drug-likeness (QED) is 0.229. The van der Waals surface area contributed by atoms with Crippen molar-refractivity contribution in [2.45, 2.75) is 40.3 Å². The van der Waals surface area contributed by atoms with E-state index in [-0.39, 0.29) is 11.9 Å². The molecule has 5 heteroatoms. The van der Waals surface area contributed by atoms with E-state index < -0.39 is 0 Å². The second kappa shape index (κ2) is 10.7. The van der Waals surface area contributed by atoms with Gasteiger partial charge in [-0.25, -0.2) is 0 Å². The van der Waals surface area contributed by atoms with Crippen LogP contribution >= 0.6 is 23.2 Å². The van der Waals surface area contributed by atoms with E-state index in [1.807, 2.05) is 25.1 Å². The van der Waals surface area contributed by atoms with Gasteiger partial charge in [-0.15, -0.1) is 0 Å². The molecule has 0 aliphatic carbocycles. The highest BCUT2D eigenvalue weighted by Crippen LogP contribution is 2.29. The molecule has 0 saturated heterocycles. The monoisotopic (exact) mass is 540 g/mol. The Morgan fingerprint density at radius 2 is 1.61 bits per heavy atom. The van der Waals surface area contributed by atoms with Gasteiger partial charge in [-0.1, -0.05) is 77.8 Å². The summed E-state index contributed by atoms with van der Waals surface area (Å²) in [7, 11) is 0. The van der Waals surface area contributed by atoms with E-state index in [2.05, 4.69) is 85.3 Å². The van der Waals surface area contributed by atoms with E-state index >= 15 is 0 Å².